The topological polar surface area (TPSA) is 60.1 Å². The van der Waals surface area contributed by atoms with E-state index in [0.717, 1.165) is 31.0 Å². The zero-order valence-corrected chi connectivity index (χ0v) is 12.6. The molecule has 5 heteroatoms. The van der Waals surface area contributed by atoms with E-state index in [1.807, 2.05) is 12.1 Å². The maximum Gasteiger partial charge on any atom is 0.191 e. The summed E-state index contributed by atoms with van der Waals surface area (Å²) in [4.78, 5) is 6.53. The van der Waals surface area contributed by atoms with Gasteiger partial charge < -0.3 is 20.1 Å². The van der Waals surface area contributed by atoms with Gasteiger partial charge in [0, 0.05) is 6.54 Å². The lowest BCUT2D eigenvalue weighted by molar-refractivity contribution is 0.230. The number of benzene rings is 1. The van der Waals surface area contributed by atoms with Crippen LogP contribution in [0.1, 0.15) is 19.4 Å². The molecule has 2 N–H and O–H groups in total. The molecule has 0 saturated carbocycles. The van der Waals surface area contributed by atoms with Gasteiger partial charge in [-0.2, -0.15) is 0 Å². The van der Waals surface area contributed by atoms with Gasteiger partial charge in [-0.05, 0) is 38.0 Å². The molecule has 1 atom stereocenters. The minimum Gasteiger partial charge on any atom is -0.493 e. The van der Waals surface area contributed by atoms with E-state index < -0.39 is 0 Å². The van der Waals surface area contributed by atoms with Crippen molar-refractivity contribution in [2.24, 2.45) is 10.7 Å². The van der Waals surface area contributed by atoms with Crippen molar-refractivity contribution >= 4 is 5.96 Å². The van der Waals surface area contributed by atoms with Crippen molar-refractivity contribution in [2.75, 3.05) is 27.3 Å². The van der Waals surface area contributed by atoms with E-state index in [2.05, 4.69) is 29.8 Å². The molecule has 1 aromatic carbocycles. The highest BCUT2D eigenvalue weighted by Crippen LogP contribution is 2.31. The number of likely N-dealkylation sites (N-methyl/N-ethyl adjacent to an activating group) is 1. The molecule has 0 bridgehead atoms. The SMILES string of the molecule is CCN1C(N)=NCC1(C)Cc1ccc(OC)c(OC)c1. The summed E-state index contributed by atoms with van der Waals surface area (Å²) in [6.07, 6.45) is 0.866. The zero-order valence-electron chi connectivity index (χ0n) is 12.6. The number of guanidine groups is 1. The highest BCUT2D eigenvalue weighted by Gasteiger charge is 2.37. The fourth-order valence-electron chi connectivity index (χ4n) is 2.82. The van der Waals surface area contributed by atoms with Crippen LogP contribution in [0, 0.1) is 0 Å². The van der Waals surface area contributed by atoms with Crippen molar-refractivity contribution in [1.29, 1.82) is 0 Å². The number of hydrogen-bond donors (Lipinski definition) is 1. The molecule has 5 nitrogen and oxygen atoms in total. The zero-order chi connectivity index (χ0) is 14.8. The number of hydrogen-bond acceptors (Lipinski definition) is 5. The van der Waals surface area contributed by atoms with E-state index in [4.69, 9.17) is 15.2 Å². The van der Waals surface area contributed by atoms with Crippen molar-refractivity contribution < 1.29 is 9.47 Å². The molecule has 0 aromatic heterocycles. The molecule has 0 fully saturated rings. The number of nitrogens with two attached hydrogens (primary N) is 1. The summed E-state index contributed by atoms with van der Waals surface area (Å²) >= 11 is 0. The van der Waals surface area contributed by atoms with Crippen LogP contribution < -0.4 is 15.2 Å². The van der Waals surface area contributed by atoms with Crippen LogP contribution in [0.15, 0.2) is 23.2 Å². The van der Waals surface area contributed by atoms with Crippen molar-refractivity contribution in [3.8, 4) is 11.5 Å². The average Bonchev–Trinajstić information content (AvgIpc) is 2.73. The molecule has 0 saturated heterocycles. The van der Waals surface area contributed by atoms with Crippen LogP contribution in [0.3, 0.4) is 0 Å². The van der Waals surface area contributed by atoms with Gasteiger partial charge in [0.05, 0.1) is 26.3 Å². The fourth-order valence-corrected chi connectivity index (χ4v) is 2.82. The third-order valence-corrected chi connectivity index (χ3v) is 3.86. The second-order valence-electron chi connectivity index (χ2n) is 5.28. The molecule has 1 aliphatic heterocycles. The van der Waals surface area contributed by atoms with Gasteiger partial charge in [0.2, 0.25) is 0 Å². The monoisotopic (exact) mass is 277 g/mol. The summed E-state index contributed by atoms with van der Waals surface area (Å²) in [5, 5.41) is 0. The summed E-state index contributed by atoms with van der Waals surface area (Å²) in [6.45, 7) is 5.87. The minimum absolute atomic E-state index is 0.0710. The first-order valence-electron chi connectivity index (χ1n) is 6.82. The Morgan fingerprint density at radius 2 is 2.00 bits per heavy atom. The Labute approximate surface area is 120 Å². The Hall–Kier alpha value is -1.91. The first-order chi connectivity index (χ1) is 9.54. The maximum absolute atomic E-state index is 5.95. The van der Waals surface area contributed by atoms with E-state index >= 15 is 0 Å². The standard InChI is InChI=1S/C15H23N3O2/c1-5-18-14(16)17-10-15(18,2)9-11-6-7-12(19-3)13(8-11)20-4/h6-8H,5,9-10H2,1-4H3,(H2,16,17). The predicted molar refractivity (Wildman–Crippen MR) is 80.5 cm³/mol. The summed E-state index contributed by atoms with van der Waals surface area (Å²) in [6, 6.07) is 6.02. The first kappa shape index (κ1) is 14.5. The van der Waals surface area contributed by atoms with Crippen LogP contribution in [0.4, 0.5) is 0 Å². The van der Waals surface area contributed by atoms with Gasteiger partial charge in [-0.15, -0.1) is 0 Å². The van der Waals surface area contributed by atoms with Crippen LogP contribution in [0.2, 0.25) is 0 Å². The smallest absolute Gasteiger partial charge is 0.191 e. The van der Waals surface area contributed by atoms with Gasteiger partial charge in [-0.1, -0.05) is 6.07 Å². The van der Waals surface area contributed by atoms with E-state index in [0.29, 0.717) is 5.96 Å². The molecule has 1 aromatic rings. The predicted octanol–water partition coefficient (Wildman–Crippen LogP) is 1.66. The van der Waals surface area contributed by atoms with Gasteiger partial charge in [-0.25, -0.2) is 0 Å². The lowest BCUT2D eigenvalue weighted by Crippen LogP contribution is -2.50. The average molecular weight is 277 g/mol. The first-order valence-corrected chi connectivity index (χ1v) is 6.82. The molecule has 1 heterocycles. The van der Waals surface area contributed by atoms with Crippen molar-refractivity contribution in [3.05, 3.63) is 23.8 Å². The lowest BCUT2D eigenvalue weighted by Gasteiger charge is -2.35. The molecular weight excluding hydrogens is 254 g/mol. The largest absolute Gasteiger partial charge is 0.493 e. The number of ether oxygens (including phenoxy) is 2. The van der Waals surface area contributed by atoms with Gasteiger partial charge in [0.15, 0.2) is 17.5 Å². The summed E-state index contributed by atoms with van der Waals surface area (Å²) < 4.78 is 10.6. The second kappa shape index (κ2) is 5.61. The molecule has 0 radical (unpaired) electrons. The van der Waals surface area contributed by atoms with Gasteiger partial charge >= 0.3 is 0 Å². The molecule has 0 aliphatic carbocycles. The highest BCUT2D eigenvalue weighted by molar-refractivity contribution is 5.81. The van der Waals surface area contributed by atoms with Crippen molar-refractivity contribution in [1.82, 2.24) is 4.90 Å². The normalized spacial score (nSPS) is 21.8. The fraction of sp³-hybridized carbons (Fsp3) is 0.533. The summed E-state index contributed by atoms with van der Waals surface area (Å²) in [5.41, 5.74) is 7.07. The molecule has 2 rings (SSSR count). The molecule has 1 unspecified atom stereocenters. The molecule has 0 spiro atoms. The highest BCUT2D eigenvalue weighted by atomic mass is 16.5. The second-order valence-corrected chi connectivity index (χ2v) is 5.28. The number of nitrogens with zero attached hydrogens (tertiary/aromatic N) is 2. The number of aliphatic imine (C=N–C) groups is 1. The lowest BCUT2D eigenvalue weighted by atomic mass is 9.91. The maximum atomic E-state index is 5.95. The van der Waals surface area contributed by atoms with E-state index in [-0.39, 0.29) is 5.54 Å². The third kappa shape index (κ3) is 2.53. The Kier molecular flexibility index (Phi) is 4.06. The minimum atomic E-state index is -0.0710. The Morgan fingerprint density at radius 1 is 1.30 bits per heavy atom. The van der Waals surface area contributed by atoms with Crippen molar-refractivity contribution in [3.63, 3.8) is 0 Å². The van der Waals surface area contributed by atoms with Gasteiger partial charge in [-0.3, -0.25) is 4.99 Å². The molecule has 1 aliphatic rings. The van der Waals surface area contributed by atoms with Crippen molar-refractivity contribution in [2.45, 2.75) is 25.8 Å². The van der Waals surface area contributed by atoms with Gasteiger partial charge in [0.25, 0.3) is 0 Å². The number of methoxy groups -OCH3 is 2. The van der Waals surface area contributed by atoms with Crippen LogP contribution in [-0.4, -0.2) is 43.7 Å². The Morgan fingerprint density at radius 3 is 2.60 bits per heavy atom. The molecule has 0 amide bonds. The Bertz CT molecular complexity index is 516. The van der Waals surface area contributed by atoms with E-state index in [1.165, 1.54) is 5.56 Å². The third-order valence-electron chi connectivity index (χ3n) is 3.86. The molecule has 110 valence electrons. The van der Waals surface area contributed by atoms with Crippen LogP contribution >= 0.6 is 0 Å². The molecule has 20 heavy (non-hydrogen) atoms. The quantitative estimate of drug-likeness (QED) is 0.889. The van der Waals surface area contributed by atoms with Crippen LogP contribution in [-0.2, 0) is 6.42 Å². The molecular formula is C15H23N3O2. The van der Waals surface area contributed by atoms with Gasteiger partial charge in [0.1, 0.15) is 0 Å². The Balaban J connectivity index is 2.22. The van der Waals surface area contributed by atoms with E-state index in [9.17, 15) is 0 Å². The summed E-state index contributed by atoms with van der Waals surface area (Å²) in [7, 11) is 3.29. The van der Waals surface area contributed by atoms with E-state index in [1.54, 1.807) is 14.2 Å². The number of rotatable bonds is 5. The summed E-state index contributed by atoms with van der Waals surface area (Å²) in [5.74, 6) is 2.13. The van der Waals surface area contributed by atoms with Crippen LogP contribution in [0.5, 0.6) is 11.5 Å². The van der Waals surface area contributed by atoms with Crippen LogP contribution in [0.25, 0.3) is 0 Å².